The second-order valence-electron chi connectivity index (χ2n) is 5.78. The predicted octanol–water partition coefficient (Wildman–Crippen LogP) is 2.34. The third-order valence-corrected chi connectivity index (χ3v) is 6.34. The van der Waals surface area contributed by atoms with Gasteiger partial charge in [0.25, 0.3) is 0 Å². The molecule has 26 heavy (non-hydrogen) atoms. The van der Waals surface area contributed by atoms with Crippen molar-refractivity contribution in [2.75, 3.05) is 26.4 Å². The summed E-state index contributed by atoms with van der Waals surface area (Å²) < 4.78 is 50.6. The first kappa shape index (κ1) is 17.4. The van der Waals surface area contributed by atoms with Crippen molar-refractivity contribution in [3.63, 3.8) is 0 Å². The van der Waals surface area contributed by atoms with Crippen molar-refractivity contribution in [1.29, 1.82) is 0 Å². The van der Waals surface area contributed by atoms with Gasteiger partial charge in [-0.1, -0.05) is 12.1 Å². The molecule has 0 fully saturated rings. The van der Waals surface area contributed by atoms with Crippen LogP contribution < -0.4 is 23.7 Å². The van der Waals surface area contributed by atoms with Crippen LogP contribution in [-0.2, 0) is 10.0 Å². The maximum Gasteiger partial charge on any atom is 0.241 e. The van der Waals surface area contributed by atoms with E-state index in [1.54, 1.807) is 12.1 Å². The molecule has 0 unspecified atom stereocenters. The van der Waals surface area contributed by atoms with Gasteiger partial charge >= 0.3 is 0 Å². The van der Waals surface area contributed by atoms with Crippen LogP contribution in [0, 0.1) is 0 Å². The molecule has 9 heteroatoms. The summed E-state index contributed by atoms with van der Waals surface area (Å²) >= 11 is 3.29. The highest BCUT2D eigenvalue weighted by Crippen LogP contribution is 2.37. The Morgan fingerprint density at radius 1 is 1.00 bits per heavy atom. The zero-order valence-electron chi connectivity index (χ0n) is 13.6. The fourth-order valence-corrected chi connectivity index (χ4v) is 4.80. The summed E-state index contributed by atoms with van der Waals surface area (Å²) in [5.41, 5.74) is 0. The molecular formula is C17H16BrNO6S. The van der Waals surface area contributed by atoms with Gasteiger partial charge in [0.05, 0.1) is 6.54 Å². The lowest BCUT2D eigenvalue weighted by atomic mass is 10.2. The van der Waals surface area contributed by atoms with E-state index in [1.807, 2.05) is 18.2 Å². The number of ether oxygens (including phenoxy) is 4. The molecule has 7 nitrogen and oxygen atoms in total. The second kappa shape index (κ2) is 6.98. The van der Waals surface area contributed by atoms with Crippen molar-refractivity contribution in [3.05, 3.63) is 40.9 Å². The summed E-state index contributed by atoms with van der Waals surface area (Å²) in [6.45, 7) is 1.16. The first-order valence-electron chi connectivity index (χ1n) is 8.00. The van der Waals surface area contributed by atoms with Gasteiger partial charge in [-0.3, -0.25) is 0 Å². The molecule has 0 bridgehead atoms. The van der Waals surface area contributed by atoms with Crippen LogP contribution in [0.1, 0.15) is 0 Å². The molecule has 1 N–H and O–H groups in total. The Labute approximate surface area is 159 Å². The number of rotatable bonds is 4. The number of fused-ring (bicyclic) bond motifs is 2. The molecular weight excluding hydrogens is 426 g/mol. The molecule has 2 heterocycles. The monoisotopic (exact) mass is 441 g/mol. The van der Waals surface area contributed by atoms with Crippen molar-refractivity contribution in [2.45, 2.75) is 11.0 Å². The molecule has 2 aromatic carbocycles. The molecule has 2 aliphatic heterocycles. The molecule has 0 aliphatic carbocycles. The zero-order chi connectivity index (χ0) is 18.1. The molecule has 2 aromatic rings. The van der Waals surface area contributed by atoms with Crippen LogP contribution in [0.5, 0.6) is 23.0 Å². The van der Waals surface area contributed by atoms with E-state index in [0.717, 1.165) is 0 Å². The van der Waals surface area contributed by atoms with E-state index in [-0.39, 0.29) is 18.0 Å². The van der Waals surface area contributed by atoms with Crippen LogP contribution in [0.3, 0.4) is 0 Å². The normalized spacial score (nSPS) is 18.4. The first-order valence-corrected chi connectivity index (χ1v) is 10.3. The highest BCUT2D eigenvalue weighted by atomic mass is 79.9. The third-order valence-electron chi connectivity index (χ3n) is 3.95. The molecule has 138 valence electrons. The highest BCUT2D eigenvalue weighted by Gasteiger charge is 2.26. The molecule has 0 radical (unpaired) electrons. The Balaban J connectivity index is 1.48. The average molecular weight is 442 g/mol. The lowest BCUT2D eigenvalue weighted by Gasteiger charge is -2.26. The number of sulfonamides is 1. The Morgan fingerprint density at radius 3 is 2.46 bits per heavy atom. The molecule has 0 saturated carbocycles. The van der Waals surface area contributed by atoms with Crippen molar-refractivity contribution in [3.8, 4) is 23.0 Å². The second-order valence-corrected chi connectivity index (χ2v) is 8.37. The SMILES string of the molecule is O=S(=O)(NC[C@@H]1COc2ccccc2O1)c1cc2c(cc1Br)OCCO2. The molecule has 2 aliphatic rings. The zero-order valence-corrected chi connectivity index (χ0v) is 16.0. The van der Waals surface area contributed by atoms with Gasteiger partial charge in [-0.25, -0.2) is 13.1 Å². The molecule has 1 atom stereocenters. The summed E-state index contributed by atoms with van der Waals surface area (Å²) in [5, 5.41) is 0. The summed E-state index contributed by atoms with van der Waals surface area (Å²) in [7, 11) is -3.77. The number of nitrogens with one attached hydrogen (secondary N) is 1. The van der Waals surface area contributed by atoms with E-state index in [4.69, 9.17) is 18.9 Å². The van der Waals surface area contributed by atoms with Gasteiger partial charge in [-0.2, -0.15) is 0 Å². The van der Waals surface area contributed by atoms with Crippen LogP contribution in [-0.4, -0.2) is 40.9 Å². The minimum absolute atomic E-state index is 0.0809. The minimum Gasteiger partial charge on any atom is -0.486 e. The van der Waals surface area contributed by atoms with E-state index in [2.05, 4.69) is 20.7 Å². The molecule has 0 spiro atoms. The van der Waals surface area contributed by atoms with Crippen molar-refractivity contribution in [1.82, 2.24) is 4.72 Å². The van der Waals surface area contributed by atoms with Crippen LogP contribution in [0.4, 0.5) is 0 Å². The van der Waals surface area contributed by atoms with Crippen LogP contribution in [0.2, 0.25) is 0 Å². The van der Waals surface area contributed by atoms with Gasteiger partial charge in [0.1, 0.15) is 30.8 Å². The van der Waals surface area contributed by atoms with Gasteiger partial charge in [-0.05, 0) is 34.1 Å². The fraction of sp³-hybridized carbons (Fsp3) is 0.294. The average Bonchev–Trinajstić information content (AvgIpc) is 2.65. The van der Waals surface area contributed by atoms with Gasteiger partial charge in [0.2, 0.25) is 10.0 Å². The van der Waals surface area contributed by atoms with Crippen molar-refractivity contribution in [2.24, 2.45) is 0 Å². The van der Waals surface area contributed by atoms with Crippen LogP contribution in [0.15, 0.2) is 45.8 Å². The summed E-state index contributed by atoms with van der Waals surface area (Å²) in [4.78, 5) is 0.0823. The quantitative estimate of drug-likeness (QED) is 0.783. The smallest absolute Gasteiger partial charge is 0.241 e. The lowest BCUT2D eigenvalue weighted by molar-refractivity contribution is 0.0943. The molecule has 0 amide bonds. The summed E-state index contributed by atoms with van der Waals surface area (Å²) in [6, 6.07) is 10.3. The molecule has 0 aromatic heterocycles. The fourth-order valence-electron chi connectivity index (χ4n) is 2.70. The van der Waals surface area contributed by atoms with Crippen molar-refractivity contribution >= 4 is 26.0 Å². The molecule has 4 rings (SSSR count). The third kappa shape index (κ3) is 3.46. The lowest BCUT2D eigenvalue weighted by Crippen LogP contribution is -2.40. The van der Waals surface area contributed by atoms with Crippen LogP contribution >= 0.6 is 15.9 Å². The largest absolute Gasteiger partial charge is 0.486 e. The van der Waals surface area contributed by atoms with Gasteiger partial charge in [-0.15, -0.1) is 0 Å². The van der Waals surface area contributed by atoms with Crippen LogP contribution in [0.25, 0.3) is 0 Å². The van der Waals surface area contributed by atoms with Gasteiger partial charge in [0.15, 0.2) is 23.0 Å². The van der Waals surface area contributed by atoms with Crippen molar-refractivity contribution < 1.29 is 27.4 Å². The standard InChI is InChI=1S/C17H16BrNO6S/c18-12-7-15-16(23-6-5-22-15)8-17(12)26(20,21)19-9-11-10-24-13-3-1-2-4-14(13)25-11/h1-4,7-8,11,19H,5-6,9-10H2/t11-/m1/s1. The number of para-hydroxylation sites is 2. The predicted molar refractivity (Wildman–Crippen MR) is 96.7 cm³/mol. The number of hydrogen-bond acceptors (Lipinski definition) is 6. The van der Waals surface area contributed by atoms with E-state index in [9.17, 15) is 8.42 Å². The molecule has 0 saturated heterocycles. The van der Waals surface area contributed by atoms with E-state index < -0.39 is 16.1 Å². The number of hydrogen-bond donors (Lipinski definition) is 1. The number of benzene rings is 2. The Morgan fingerprint density at radius 2 is 1.69 bits per heavy atom. The van der Waals surface area contributed by atoms with Gasteiger partial charge < -0.3 is 18.9 Å². The maximum absolute atomic E-state index is 12.7. The van der Waals surface area contributed by atoms with E-state index >= 15 is 0 Å². The number of halogens is 1. The summed E-state index contributed by atoms with van der Waals surface area (Å²) in [6.07, 6.45) is -0.421. The highest BCUT2D eigenvalue weighted by molar-refractivity contribution is 9.10. The topological polar surface area (TPSA) is 83.1 Å². The summed E-state index contributed by atoms with van der Waals surface area (Å²) in [5.74, 6) is 2.18. The minimum atomic E-state index is -3.77. The van der Waals surface area contributed by atoms with E-state index in [0.29, 0.717) is 40.7 Å². The Kier molecular flexibility index (Phi) is 4.68. The van der Waals surface area contributed by atoms with E-state index in [1.165, 1.54) is 6.07 Å². The Hall–Kier alpha value is -1.97. The Bertz CT molecular complexity index is 933. The first-order chi connectivity index (χ1) is 12.5. The maximum atomic E-state index is 12.7. The van der Waals surface area contributed by atoms with Gasteiger partial charge in [0, 0.05) is 10.5 Å².